The van der Waals surface area contributed by atoms with Crippen molar-refractivity contribution in [2.75, 3.05) is 13.6 Å². The lowest BCUT2D eigenvalue weighted by molar-refractivity contribution is -0.143. The molecule has 0 bridgehead atoms. The average Bonchev–Trinajstić information content (AvgIpc) is 2.24. The van der Waals surface area contributed by atoms with Gasteiger partial charge < -0.3 is 21.1 Å². The predicted octanol–water partition coefficient (Wildman–Crippen LogP) is -0.0790. The van der Waals surface area contributed by atoms with Crippen LogP contribution < -0.4 is 16.0 Å². The molecule has 0 rings (SSSR count). The Morgan fingerprint density at radius 3 is 2.00 bits per heavy atom. The molecular weight excluding hydrogens is 238 g/mol. The van der Waals surface area contributed by atoms with Crippen molar-refractivity contribution in [1.82, 2.24) is 16.0 Å². The van der Waals surface area contributed by atoms with Crippen LogP contribution in [-0.4, -0.2) is 42.1 Å². The second-order valence-corrected chi connectivity index (χ2v) is 5.20. The van der Waals surface area contributed by atoms with E-state index in [0.29, 0.717) is 0 Å². The molecule has 0 spiro atoms. The number of carboxylic acids is 1. The summed E-state index contributed by atoms with van der Waals surface area (Å²) < 4.78 is 0. The first-order valence-electron chi connectivity index (χ1n) is 5.54. The van der Waals surface area contributed by atoms with E-state index in [1.807, 2.05) is 0 Å². The lowest BCUT2D eigenvalue weighted by Gasteiger charge is -2.25. The van der Waals surface area contributed by atoms with Gasteiger partial charge in [-0.2, -0.15) is 0 Å². The Morgan fingerprint density at radius 1 is 1.11 bits per heavy atom. The topological polar surface area (TPSA) is 108 Å². The Kier molecular flexibility index (Phi) is 5.13. The van der Waals surface area contributed by atoms with Crippen molar-refractivity contribution in [3.05, 3.63) is 0 Å². The second kappa shape index (κ2) is 5.70. The minimum atomic E-state index is -1.36. The summed E-state index contributed by atoms with van der Waals surface area (Å²) in [6.07, 6.45) is 0. The zero-order valence-corrected chi connectivity index (χ0v) is 11.4. The zero-order chi connectivity index (χ0) is 14.6. The number of rotatable bonds is 5. The third-order valence-electron chi connectivity index (χ3n) is 2.49. The summed E-state index contributed by atoms with van der Waals surface area (Å²) >= 11 is 0. The number of aliphatic carboxylic acids is 1. The van der Waals surface area contributed by atoms with Crippen LogP contribution in [0.15, 0.2) is 0 Å². The summed E-state index contributed by atoms with van der Waals surface area (Å²) in [7, 11) is 1.51. The maximum Gasteiger partial charge on any atom is 0.328 e. The van der Waals surface area contributed by atoms with Crippen molar-refractivity contribution >= 4 is 17.9 Å². The van der Waals surface area contributed by atoms with Crippen LogP contribution in [-0.2, 0) is 9.59 Å². The van der Waals surface area contributed by atoms with Crippen LogP contribution in [0.3, 0.4) is 0 Å². The first-order valence-corrected chi connectivity index (χ1v) is 5.54. The molecule has 0 saturated heterocycles. The molecule has 0 saturated carbocycles. The maximum absolute atomic E-state index is 11.5. The highest BCUT2D eigenvalue weighted by Crippen LogP contribution is 2.13. The Bertz CT molecular complexity index is 350. The van der Waals surface area contributed by atoms with Crippen LogP contribution >= 0.6 is 0 Å². The van der Waals surface area contributed by atoms with Gasteiger partial charge in [-0.05, 0) is 27.7 Å². The van der Waals surface area contributed by atoms with Crippen LogP contribution in [0.4, 0.5) is 4.79 Å². The summed E-state index contributed by atoms with van der Waals surface area (Å²) in [5.41, 5.74) is -2.12. The Morgan fingerprint density at radius 2 is 1.61 bits per heavy atom. The number of amides is 3. The highest BCUT2D eigenvalue weighted by molar-refractivity contribution is 5.86. The van der Waals surface area contributed by atoms with E-state index in [2.05, 4.69) is 16.0 Å². The fourth-order valence-electron chi connectivity index (χ4n) is 1.10. The van der Waals surface area contributed by atoms with Crippen molar-refractivity contribution < 1.29 is 19.5 Å². The smallest absolute Gasteiger partial charge is 0.328 e. The SMILES string of the molecule is CNC(=O)C(C)(C)CNC(=O)NC(C)(C)C(=O)O. The van der Waals surface area contributed by atoms with Crippen molar-refractivity contribution in [3.8, 4) is 0 Å². The molecule has 0 unspecified atom stereocenters. The number of nitrogens with one attached hydrogen (secondary N) is 3. The predicted molar refractivity (Wildman–Crippen MR) is 66.1 cm³/mol. The van der Waals surface area contributed by atoms with E-state index in [-0.39, 0.29) is 12.5 Å². The fourth-order valence-corrected chi connectivity index (χ4v) is 1.10. The Hall–Kier alpha value is -1.79. The quantitative estimate of drug-likeness (QED) is 0.554. The minimum Gasteiger partial charge on any atom is -0.480 e. The molecule has 18 heavy (non-hydrogen) atoms. The Labute approximate surface area is 106 Å². The first-order chi connectivity index (χ1) is 8.03. The summed E-state index contributed by atoms with van der Waals surface area (Å²) in [5, 5.41) is 16.1. The van der Waals surface area contributed by atoms with Gasteiger partial charge in [0, 0.05) is 13.6 Å². The van der Waals surface area contributed by atoms with Crippen molar-refractivity contribution in [3.63, 3.8) is 0 Å². The van der Waals surface area contributed by atoms with Crippen molar-refractivity contribution in [1.29, 1.82) is 0 Å². The standard InChI is InChI=1S/C11H21N3O4/c1-10(2,7(15)12-5)6-13-9(18)14-11(3,4)8(16)17/h6H2,1-5H3,(H,12,15)(H,16,17)(H2,13,14,18). The molecule has 0 atom stereocenters. The minimum absolute atomic E-state index is 0.105. The molecule has 0 radical (unpaired) electrons. The molecule has 3 amide bonds. The monoisotopic (exact) mass is 259 g/mol. The number of hydrogen-bond acceptors (Lipinski definition) is 3. The van der Waals surface area contributed by atoms with Gasteiger partial charge in [-0.1, -0.05) is 0 Å². The Balaban J connectivity index is 4.37. The lowest BCUT2D eigenvalue weighted by atomic mass is 9.92. The van der Waals surface area contributed by atoms with E-state index in [0.717, 1.165) is 0 Å². The third-order valence-corrected chi connectivity index (χ3v) is 2.49. The highest BCUT2D eigenvalue weighted by Gasteiger charge is 2.31. The molecule has 7 nitrogen and oxygen atoms in total. The van der Waals surface area contributed by atoms with Crippen molar-refractivity contribution in [2.24, 2.45) is 5.41 Å². The van der Waals surface area contributed by atoms with Gasteiger partial charge in [0.25, 0.3) is 0 Å². The number of hydrogen-bond donors (Lipinski definition) is 4. The molecule has 0 fully saturated rings. The van der Waals surface area contributed by atoms with Gasteiger partial charge >= 0.3 is 12.0 Å². The van der Waals surface area contributed by atoms with Gasteiger partial charge in [0.1, 0.15) is 5.54 Å². The average molecular weight is 259 g/mol. The largest absolute Gasteiger partial charge is 0.480 e. The van der Waals surface area contributed by atoms with Gasteiger partial charge in [0.2, 0.25) is 5.91 Å². The molecule has 0 aromatic heterocycles. The van der Waals surface area contributed by atoms with Crippen LogP contribution in [0.2, 0.25) is 0 Å². The fraction of sp³-hybridized carbons (Fsp3) is 0.727. The summed E-state index contributed by atoms with van der Waals surface area (Å²) in [4.78, 5) is 33.8. The van der Waals surface area contributed by atoms with E-state index < -0.39 is 23.0 Å². The normalized spacial score (nSPS) is 11.6. The molecule has 0 aliphatic heterocycles. The van der Waals surface area contributed by atoms with Crippen LogP contribution in [0.25, 0.3) is 0 Å². The molecule has 104 valence electrons. The molecule has 0 aliphatic rings. The molecule has 0 aromatic carbocycles. The van der Waals surface area contributed by atoms with Crippen LogP contribution in [0.5, 0.6) is 0 Å². The molecule has 4 N–H and O–H groups in total. The third kappa shape index (κ3) is 4.60. The van der Waals surface area contributed by atoms with Gasteiger partial charge in [-0.3, -0.25) is 4.79 Å². The molecule has 0 aliphatic carbocycles. The maximum atomic E-state index is 11.5. The molecular formula is C11H21N3O4. The molecule has 0 heterocycles. The summed E-state index contributed by atoms with van der Waals surface area (Å²) in [5.74, 6) is -1.34. The summed E-state index contributed by atoms with van der Waals surface area (Å²) in [6, 6.07) is -0.626. The van der Waals surface area contributed by atoms with Gasteiger partial charge in [0.05, 0.1) is 5.41 Å². The van der Waals surface area contributed by atoms with E-state index in [4.69, 9.17) is 5.11 Å². The van der Waals surface area contributed by atoms with E-state index >= 15 is 0 Å². The van der Waals surface area contributed by atoms with Crippen LogP contribution in [0, 0.1) is 5.41 Å². The highest BCUT2D eigenvalue weighted by atomic mass is 16.4. The zero-order valence-electron chi connectivity index (χ0n) is 11.4. The number of carbonyl (C=O) groups excluding carboxylic acids is 2. The first kappa shape index (κ1) is 16.2. The van der Waals surface area contributed by atoms with E-state index in [9.17, 15) is 14.4 Å². The van der Waals surface area contributed by atoms with E-state index in [1.54, 1.807) is 13.8 Å². The number of urea groups is 1. The molecule has 7 heteroatoms. The van der Waals surface area contributed by atoms with Gasteiger partial charge in [-0.15, -0.1) is 0 Å². The number of carbonyl (C=O) groups is 3. The summed E-state index contributed by atoms with van der Waals surface area (Å²) in [6.45, 7) is 6.20. The molecule has 0 aromatic rings. The van der Waals surface area contributed by atoms with E-state index in [1.165, 1.54) is 20.9 Å². The van der Waals surface area contributed by atoms with Crippen LogP contribution in [0.1, 0.15) is 27.7 Å². The number of carboxylic acid groups (broad SMARTS) is 1. The van der Waals surface area contributed by atoms with Gasteiger partial charge in [0.15, 0.2) is 0 Å². The van der Waals surface area contributed by atoms with Gasteiger partial charge in [-0.25, -0.2) is 9.59 Å². The van der Waals surface area contributed by atoms with Crippen molar-refractivity contribution in [2.45, 2.75) is 33.2 Å². The lowest BCUT2D eigenvalue weighted by Crippen LogP contribution is -2.55. The second-order valence-electron chi connectivity index (χ2n) is 5.20.